The number of amides is 1. The summed E-state index contributed by atoms with van der Waals surface area (Å²) in [6, 6.07) is 20.9. The molecule has 0 saturated heterocycles. The van der Waals surface area contributed by atoms with Crippen LogP contribution in [-0.2, 0) is 16.0 Å². The third-order valence-corrected chi connectivity index (χ3v) is 4.76. The van der Waals surface area contributed by atoms with Crippen molar-refractivity contribution < 1.29 is 14.3 Å². The average molecular weight is 392 g/mol. The molecule has 0 unspecified atom stereocenters. The van der Waals surface area contributed by atoms with Crippen LogP contribution < -0.4 is 5.32 Å². The number of benzene rings is 2. The van der Waals surface area contributed by atoms with Crippen LogP contribution in [0.25, 0.3) is 0 Å². The molecule has 3 rings (SSSR count). The number of pyridine rings is 1. The Hall–Kier alpha value is -3.12. The molecule has 1 N–H and O–H groups in total. The zero-order chi connectivity index (χ0) is 19.8. The predicted molar refractivity (Wildman–Crippen MR) is 111 cm³/mol. The smallest absolute Gasteiger partial charge is 0.341 e. The third kappa shape index (κ3) is 5.20. The lowest BCUT2D eigenvalue weighted by Crippen LogP contribution is -2.22. The standard InChI is InChI=1S/C22H20N2O3S/c1-28-21-18(11-7-13-23-21)22(26)27-15-20(25)24-19-12-6-5-10-17(19)14-16-8-3-2-4-9-16/h2-13H,14-15H2,1H3,(H,24,25). The largest absolute Gasteiger partial charge is 0.452 e. The summed E-state index contributed by atoms with van der Waals surface area (Å²) in [5.41, 5.74) is 3.20. The second kappa shape index (κ2) is 9.71. The van der Waals surface area contributed by atoms with Gasteiger partial charge in [-0.2, -0.15) is 0 Å². The Morgan fingerprint density at radius 3 is 2.54 bits per heavy atom. The number of anilines is 1. The summed E-state index contributed by atoms with van der Waals surface area (Å²) in [5.74, 6) is -0.950. The van der Waals surface area contributed by atoms with Crippen molar-refractivity contribution in [1.82, 2.24) is 4.98 Å². The first-order valence-corrected chi connectivity index (χ1v) is 9.97. The van der Waals surface area contributed by atoms with E-state index in [-0.39, 0.29) is 12.5 Å². The van der Waals surface area contributed by atoms with Crippen LogP contribution in [0.5, 0.6) is 0 Å². The van der Waals surface area contributed by atoms with E-state index in [1.165, 1.54) is 11.8 Å². The van der Waals surface area contributed by atoms with Crippen molar-refractivity contribution in [1.29, 1.82) is 0 Å². The van der Waals surface area contributed by atoms with Crippen molar-refractivity contribution in [2.24, 2.45) is 0 Å². The van der Waals surface area contributed by atoms with E-state index < -0.39 is 5.97 Å². The Morgan fingerprint density at radius 2 is 1.75 bits per heavy atom. The number of aromatic nitrogens is 1. The molecule has 0 bridgehead atoms. The van der Waals surface area contributed by atoms with Crippen molar-refractivity contribution in [2.75, 3.05) is 18.2 Å². The van der Waals surface area contributed by atoms with Gasteiger partial charge in [0.2, 0.25) is 0 Å². The number of esters is 1. The lowest BCUT2D eigenvalue weighted by molar-refractivity contribution is -0.119. The number of rotatable bonds is 7. The van der Waals surface area contributed by atoms with E-state index >= 15 is 0 Å². The molecule has 2 aromatic carbocycles. The Labute approximate surface area is 168 Å². The first kappa shape index (κ1) is 19.6. The highest BCUT2D eigenvalue weighted by molar-refractivity contribution is 7.98. The van der Waals surface area contributed by atoms with E-state index in [0.29, 0.717) is 22.7 Å². The first-order valence-electron chi connectivity index (χ1n) is 8.75. The number of carbonyl (C=O) groups is 2. The van der Waals surface area contributed by atoms with Crippen LogP contribution in [0, 0.1) is 0 Å². The van der Waals surface area contributed by atoms with Crippen LogP contribution in [0.4, 0.5) is 5.69 Å². The molecule has 5 nitrogen and oxygen atoms in total. The molecule has 3 aromatic rings. The third-order valence-electron chi connectivity index (χ3n) is 4.05. The van der Waals surface area contributed by atoms with Gasteiger partial charge < -0.3 is 10.1 Å². The summed E-state index contributed by atoms with van der Waals surface area (Å²) in [7, 11) is 0. The highest BCUT2D eigenvalue weighted by atomic mass is 32.2. The minimum Gasteiger partial charge on any atom is -0.452 e. The molecule has 142 valence electrons. The van der Waals surface area contributed by atoms with E-state index in [1.807, 2.05) is 60.9 Å². The number of thioether (sulfide) groups is 1. The number of para-hydroxylation sites is 1. The fourth-order valence-corrected chi connectivity index (χ4v) is 3.25. The highest BCUT2D eigenvalue weighted by Crippen LogP contribution is 2.20. The molecular weight excluding hydrogens is 372 g/mol. The van der Waals surface area contributed by atoms with Crippen LogP contribution in [0.1, 0.15) is 21.5 Å². The second-order valence-electron chi connectivity index (χ2n) is 6.00. The molecule has 0 aliphatic carbocycles. The maximum atomic E-state index is 12.3. The van der Waals surface area contributed by atoms with Gasteiger partial charge in [0.25, 0.3) is 5.91 Å². The minimum atomic E-state index is -0.565. The molecule has 0 atom stereocenters. The summed E-state index contributed by atoms with van der Waals surface area (Å²) in [6.45, 7) is -0.360. The summed E-state index contributed by atoms with van der Waals surface area (Å²) < 4.78 is 5.16. The fourth-order valence-electron chi connectivity index (χ4n) is 2.72. The van der Waals surface area contributed by atoms with Gasteiger partial charge in [0, 0.05) is 11.9 Å². The van der Waals surface area contributed by atoms with Gasteiger partial charge in [-0.25, -0.2) is 9.78 Å². The maximum absolute atomic E-state index is 12.3. The van der Waals surface area contributed by atoms with Gasteiger partial charge in [0.05, 0.1) is 5.56 Å². The quantitative estimate of drug-likeness (QED) is 0.482. The number of nitrogens with one attached hydrogen (secondary N) is 1. The summed E-state index contributed by atoms with van der Waals surface area (Å²) in [6.07, 6.45) is 4.14. The second-order valence-corrected chi connectivity index (χ2v) is 6.80. The molecule has 0 saturated carbocycles. The molecule has 1 aromatic heterocycles. The normalized spacial score (nSPS) is 10.3. The van der Waals surface area contributed by atoms with Crippen LogP contribution in [-0.4, -0.2) is 29.7 Å². The van der Waals surface area contributed by atoms with E-state index in [1.54, 1.807) is 18.3 Å². The monoisotopic (exact) mass is 392 g/mol. The van der Waals surface area contributed by atoms with Crippen molar-refractivity contribution in [2.45, 2.75) is 11.4 Å². The zero-order valence-corrected chi connectivity index (χ0v) is 16.2. The number of nitrogens with zero attached hydrogens (tertiary/aromatic N) is 1. The van der Waals surface area contributed by atoms with Crippen LogP contribution >= 0.6 is 11.8 Å². The van der Waals surface area contributed by atoms with Crippen molar-refractivity contribution in [3.8, 4) is 0 Å². The molecule has 28 heavy (non-hydrogen) atoms. The predicted octanol–water partition coefficient (Wildman–Crippen LogP) is 4.19. The SMILES string of the molecule is CSc1ncccc1C(=O)OCC(=O)Nc1ccccc1Cc1ccccc1. The average Bonchev–Trinajstić information content (AvgIpc) is 2.74. The number of ether oxygens (including phenoxy) is 1. The molecule has 1 heterocycles. The van der Waals surface area contributed by atoms with Gasteiger partial charge in [-0.15, -0.1) is 11.8 Å². The van der Waals surface area contributed by atoms with Crippen LogP contribution in [0.2, 0.25) is 0 Å². The minimum absolute atomic E-state index is 0.354. The van der Waals surface area contributed by atoms with Gasteiger partial charge in [-0.3, -0.25) is 4.79 Å². The molecule has 0 aliphatic heterocycles. The van der Waals surface area contributed by atoms with Crippen molar-refractivity contribution in [3.05, 3.63) is 89.6 Å². The van der Waals surface area contributed by atoms with E-state index in [9.17, 15) is 9.59 Å². The number of hydrogen-bond acceptors (Lipinski definition) is 5. The molecule has 0 radical (unpaired) electrons. The van der Waals surface area contributed by atoms with Crippen molar-refractivity contribution >= 4 is 29.3 Å². The van der Waals surface area contributed by atoms with Gasteiger partial charge in [0.15, 0.2) is 6.61 Å². The van der Waals surface area contributed by atoms with Crippen LogP contribution in [0.15, 0.2) is 78.0 Å². The Balaban J connectivity index is 1.62. The molecule has 6 heteroatoms. The van der Waals surface area contributed by atoms with Crippen molar-refractivity contribution in [3.63, 3.8) is 0 Å². The van der Waals surface area contributed by atoms with Gasteiger partial charge in [-0.05, 0) is 42.0 Å². The first-order chi connectivity index (χ1) is 13.7. The molecule has 0 fully saturated rings. The molecular formula is C22H20N2O3S. The Morgan fingerprint density at radius 1 is 1.00 bits per heavy atom. The number of hydrogen-bond donors (Lipinski definition) is 1. The maximum Gasteiger partial charge on any atom is 0.341 e. The molecule has 1 amide bonds. The molecule has 0 aliphatic rings. The van der Waals surface area contributed by atoms with E-state index in [0.717, 1.165) is 11.1 Å². The fraction of sp³-hybridized carbons (Fsp3) is 0.136. The lowest BCUT2D eigenvalue weighted by atomic mass is 10.0. The topological polar surface area (TPSA) is 68.3 Å². The Kier molecular flexibility index (Phi) is 6.81. The molecule has 0 spiro atoms. The van der Waals surface area contributed by atoms with Gasteiger partial charge >= 0.3 is 5.97 Å². The Bertz CT molecular complexity index is 961. The van der Waals surface area contributed by atoms with E-state index in [2.05, 4.69) is 10.3 Å². The van der Waals surface area contributed by atoms with Gasteiger partial charge in [0.1, 0.15) is 5.03 Å². The van der Waals surface area contributed by atoms with Gasteiger partial charge in [-0.1, -0.05) is 48.5 Å². The summed E-state index contributed by atoms with van der Waals surface area (Å²) in [5, 5.41) is 3.40. The van der Waals surface area contributed by atoms with E-state index in [4.69, 9.17) is 4.74 Å². The summed E-state index contributed by atoms with van der Waals surface area (Å²) in [4.78, 5) is 28.7. The number of carbonyl (C=O) groups excluding carboxylic acids is 2. The summed E-state index contributed by atoms with van der Waals surface area (Å²) >= 11 is 1.35. The van der Waals surface area contributed by atoms with Crippen LogP contribution in [0.3, 0.4) is 0 Å². The lowest BCUT2D eigenvalue weighted by Gasteiger charge is -2.12. The zero-order valence-electron chi connectivity index (χ0n) is 15.4. The highest BCUT2D eigenvalue weighted by Gasteiger charge is 2.15.